The van der Waals surface area contributed by atoms with Crippen LogP contribution in [0.5, 0.6) is 5.75 Å². The van der Waals surface area contributed by atoms with Gasteiger partial charge in [0.1, 0.15) is 17.1 Å². The lowest BCUT2D eigenvalue weighted by Gasteiger charge is -2.32. The van der Waals surface area contributed by atoms with Crippen molar-refractivity contribution in [3.63, 3.8) is 0 Å². The van der Waals surface area contributed by atoms with Crippen molar-refractivity contribution in [2.75, 3.05) is 16.8 Å². The summed E-state index contributed by atoms with van der Waals surface area (Å²) in [5.41, 5.74) is 0.202. The van der Waals surface area contributed by atoms with Crippen LogP contribution in [0, 0.1) is 0 Å². The number of alkyl halides is 3. The topological polar surface area (TPSA) is 66.0 Å². The van der Waals surface area contributed by atoms with Crippen molar-refractivity contribution in [1.82, 2.24) is 9.88 Å². The van der Waals surface area contributed by atoms with E-state index in [1.54, 1.807) is 11.1 Å². The van der Waals surface area contributed by atoms with E-state index in [-0.39, 0.29) is 18.1 Å². The quantitative estimate of drug-likeness (QED) is 0.520. The highest BCUT2D eigenvalue weighted by Gasteiger charge is 2.65. The van der Waals surface area contributed by atoms with E-state index < -0.39 is 23.7 Å². The predicted octanol–water partition coefficient (Wildman–Crippen LogP) is 5.25. The van der Waals surface area contributed by atoms with Crippen molar-refractivity contribution in [1.29, 1.82) is 0 Å². The van der Waals surface area contributed by atoms with E-state index in [0.29, 0.717) is 18.9 Å². The predicted molar refractivity (Wildman–Crippen MR) is 123 cm³/mol. The number of urea groups is 1. The van der Waals surface area contributed by atoms with Gasteiger partial charge in [-0.25, -0.2) is 14.7 Å². The first kappa shape index (κ1) is 23.4. The van der Waals surface area contributed by atoms with E-state index in [1.165, 1.54) is 31.4 Å². The van der Waals surface area contributed by atoms with Crippen LogP contribution in [0.4, 0.5) is 29.5 Å². The summed E-state index contributed by atoms with van der Waals surface area (Å²) >= 11 is 0. The van der Waals surface area contributed by atoms with E-state index in [9.17, 15) is 22.8 Å². The monoisotopic (exact) mass is 488 g/mol. The SMILES string of the molecule is CN(c1cc(CN2C(=O)N(c3ccc(OC(F)(F)F)cc3)C(=O)C23CC3)ccn1)C1CCCCC1. The Morgan fingerprint density at radius 2 is 1.77 bits per heavy atom. The molecule has 0 N–H and O–H groups in total. The van der Waals surface area contributed by atoms with Crippen LogP contribution < -0.4 is 14.5 Å². The molecule has 10 heteroatoms. The van der Waals surface area contributed by atoms with Crippen LogP contribution in [-0.4, -0.2) is 46.8 Å². The van der Waals surface area contributed by atoms with Gasteiger partial charge in [-0.05, 0) is 67.6 Å². The Morgan fingerprint density at radius 3 is 2.40 bits per heavy atom. The zero-order chi connectivity index (χ0) is 24.8. The average molecular weight is 489 g/mol. The van der Waals surface area contributed by atoms with Crippen LogP contribution in [-0.2, 0) is 11.3 Å². The Labute approximate surface area is 201 Å². The van der Waals surface area contributed by atoms with Crippen LogP contribution in [0.25, 0.3) is 0 Å². The van der Waals surface area contributed by atoms with Crippen LogP contribution in [0.1, 0.15) is 50.5 Å². The van der Waals surface area contributed by atoms with Gasteiger partial charge in [-0.15, -0.1) is 13.2 Å². The molecule has 0 atom stereocenters. The molecule has 2 aromatic rings. The molecule has 3 aliphatic rings. The fourth-order valence-electron chi connectivity index (χ4n) is 5.15. The molecule has 35 heavy (non-hydrogen) atoms. The zero-order valence-corrected chi connectivity index (χ0v) is 19.4. The number of hydrogen-bond acceptors (Lipinski definition) is 5. The molecular weight excluding hydrogens is 461 g/mol. The van der Waals surface area contributed by atoms with Crippen LogP contribution in [0.3, 0.4) is 0 Å². The number of carbonyl (C=O) groups is 2. The minimum atomic E-state index is -4.82. The standard InChI is InChI=1S/C25H27F3N4O3/c1-30(18-5-3-2-4-6-18)21-15-17(11-14-29-21)16-31-23(34)32(22(33)24(31)12-13-24)19-7-9-20(10-8-19)35-25(26,27)28/h7-11,14-15,18H,2-6,12-13,16H2,1H3. The van der Waals surface area contributed by atoms with E-state index in [1.807, 2.05) is 19.2 Å². The number of nitrogens with zero attached hydrogens (tertiary/aromatic N) is 4. The number of benzene rings is 1. The average Bonchev–Trinajstić information content (AvgIpc) is 3.61. The van der Waals surface area contributed by atoms with Gasteiger partial charge in [-0.1, -0.05) is 19.3 Å². The van der Waals surface area contributed by atoms with Gasteiger partial charge >= 0.3 is 12.4 Å². The molecule has 1 aromatic carbocycles. The smallest absolute Gasteiger partial charge is 0.406 e. The highest BCUT2D eigenvalue weighted by atomic mass is 19.4. The number of rotatable bonds is 6. The Morgan fingerprint density at radius 1 is 1.09 bits per heavy atom. The van der Waals surface area contributed by atoms with Crippen LogP contribution in [0.15, 0.2) is 42.6 Å². The first-order valence-electron chi connectivity index (χ1n) is 11.9. The number of pyridine rings is 1. The molecule has 1 spiro atoms. The van der Waals surface area contributed by atoms with Crippen molar-refractivity contribution in [3.05, 3.63) is 48.2 Å². The van der Waals surface area contributed by atoms with Gasteiger partial charge in [0.2, 0.25) is 0 Å². The summed E-state index contributed by atoms with van der Waals surface area (Å²) < 4.78 is 41.3. The van der Waals surface area contributed by atoms with Crippen LogP contribution >= 0.6 is 0 Å². The minimum Gasteiger partial charge on any atom is -0.406 e. The number of amides is 3. The molecular formula is C25H27F3N4O3. The van der Waals surface area contributed by atoms with Crippen LogP contribution in [0.2, 0.25) is 0 Å². The lowest BCUT2D eigenvalue weighted by atomic mass is 9.94. The van der Waals surface area contributed by atoms with Crippen molar-refractivity contribution in [2.45, 2.75) is 69.4 Å². The van der Waals surface area contributed by atoms with Gasteiger partial charge < -0.3 is 14.5 Å². The highest BCUT2D eigenvalue weighted by molar-refractivity contribution is 6.24. The van der Waals surface area contributed by atoms with Crippen molar-refractivity contribution in [2.24, 2.45) is 0 Å². The number of halogens is 3. The van der Waals surface area contributed by atoms with E-state index in [0.717, 1.165) is 41.3 Å². The van der Waals surface area contributed by atoms with Gasteiger partial charge in [-0.2, -0.15) is 0 Å². The van der Waals surface area contributed by atoms with E-state index >= 15 is 0 Å². The lowest BCUT2D eigenvalue weighted by molar-refractivity contribution is -0.274. The second-order valence-corrected chi connectivity index (χ2v) is 9.51. The first-order valence-corrected chi connectivity index (χ1v) is 11.9. The Hall–Kier alpha value is -3.30. The zero-order valence-electron chi connectivity index (χ0n) is 19.4. The molecule has 0 radical (unpaired) electrons. The number of imide groups is 1. The van der Waals surface area contributed by atoms with E-state index in [4.69, 9.17) is 0 Å². The third-order valence-corrected chi connectivity index (χ3v) is 7.23. The first-order chi connectivity index (χ1) is 16.7. The number of hydrogen-bond donors (Lipinski definition) is 0. The third kappa shape index (κ3) is 4.53. The summed E-state index contributed by atoms with van der Waals surface area (Å²) in [6.45, 7) is 0.254. The maximum absolute atomic E-state index is 13.3. The Balaban J connectivity index is 1.34. The fraction of sp³-hybridized carbons (Fsp3) is 0.480. The Kier molecular flexibility index (Phi) is 5.85. The normalized spacial score (nSPS) is 20.0. The number of aromatic nitrogens is 1. The molecule has 186 valence electrons. The molecule has 2 heterocycles. The lowest BCUT2D eigenvalue weighted by Crippen LogP contribution is -2.37. The molecule has 3 fully saturated rings. The maximum Gasteiger partial charge on any atom is 0.573 e. The van der Waals surface area contributed by atoms with Gasteiger partial charge in [0, 0.05) is 25.8 Å². The summed E-state index contributed by atoms with van der Waals surface area (Å²) in [7, 11) is 2.04. The van der Waals surface area contributed by atoms with Crippen molar-refractivity contribution >= 4 is 23.4 Å². The molecule has 5 rings (SSSR count). The number of anilines is 2. The molecule has 1 aromatic heterocycles. The van der Waals surface area contributed by atoms with Gasteiger partial charge in [0.25, 0.3) is 5.91 Å². The minimum absolute atomic E-state index is 0.218. The third-order valence-electron chi connectivity index (χ3n) is 7.23. The second-order valence-electron chi connectivity index (χ2n) is 9.51. The second kappa shape index (κ2) is 8.73. The molecule has 2 saturated carbocycles. The molecule has 0 bridgehead atoms. The molecule has 2 aliphatic carbocycles. The summed E-state index contributed by atoms with van der Waals surface area (Å²) in [5.74, 6) is 0.0830. The fourth-order valence-corrected chi connectivity index (χ4v) is 5.15. The van der Waals surface area contributed by atoms with Gasteiger partial charge in [0.15, 0.2) is 0 Å². The molecule has 7 nitrogen and oxygen atoms in total. The maximum atomic E-state index is 13.3. The summed E-state index contributed by atoms with van der Waals surface area (Å²) in [4.78, 5) is 35.9. The number of ether oxygens (including phenoxy) is 1. The molecule has 1 aliphatic heterocycles. The highest BCUT2D eigenvalue weighted by Crippen LogP contribution is 2.50. The molecule has 1 saturated heterocycles. The largest absolute Gasteiger partial charge is 0.573 e. The Bertz CT molecular complexity index is 1110. The molecule has 0 unspecified atom stereocenters. The van der Waals surface area contributed by atoms with Gasteiger partial charge in [-0.3, -0.25) is 4.79 Å². The van der Waals surface area contributed by atoms with Gasteiger partial charge in [0.05, 0.1) is 5.69 Å². The summed E-state index contributed by atoms with van der Waals surface area (Å²) in [6.07, 6.45) is 3.97. The van der Waals surface area contributed by atoms with Crippen molar-refractivity contribution < 1.29 is 27.5 Å². The summed E-state index contributed by atoms with van der Waals surface area (Å²) in [5, 5.41) is 0. The summed E-state index contributed by atoms with van der Waals surface area (Å²) in [6, 6.07) is 8.56. The van der Waals surface area contributed by atoms with E-state index in [2.05, 4.69) is 14.6 Å². The number of carbonyl (C=O) groups excluding carboxylic acids is 2. The van der Waals surface area contributed by atoms with Crippen molar-refractivity contribution in [3.8, 4) is 5.75 Å². The molecule has 3 amide bonds.